The summed E-state index contributed by atoms with van der Waals surface area (Å²) in [5, 5.41) is 2.60. The number of unbranched alkanes of at least 4 members (excludes halogenated alkanes) is 11. The van der Waals surface area contributed by atoms with Gasteiger partial charge in [-0.05, 0) is 31.6 Å². The van der Waals surface area contributed by atoms with E-state index < -0.39 is 24.0 Å². The third-order valence-electron chi connectivity index (χ3n) is 7.06. The van der Waals surface area contributed by atoms with E-state index in [1.165, 1.54) is 44.9 Å². The van der Waals surface area contributed by atoms with Crippen LogP contribution in [-0.4, -0.2) is 36.6 Å². The quantitative estimate of drug-likeness (QED) is 0.107. The number of amides is 1. The van der Waals surface area contributed by atoms with E-state index in [2.05, 4.69) is 19.2 Å². The number of carbonyl (C=O) groups is 3. The second-order valence-electron chi connectivity index (χ2n) is 10.8. The minimum absolute atomic E-state index is 0.195. The third-order valence-corrected chi connectivity index (χ3v) is 7.06. The highest BCUT2D eigenvalue weighted by atomic mass is 16.6. The highest BCUT2D eigenvalue weighted by Gasteiger charge is 2.41. The molecule has 35 heavy (non-hydrogen) atoms. The maximum absolute atomic E-state index is 12.9. The lowest BCUT2D eigenvalue weighted by Crippen LogP contribution is -2.47. The predicted octanol–water partition coefficient (Wildman–Crippen LogP) is 6.88. The molecule has 1 heterocycles. The van der Waals surface area contributed by atoms with Gasteiger partial charge in [0.2, 0.25) is 6.41 Å². The zero-order chi connectivity index (χ0) is 25.9. The van der Waals surface area contributed by atoms with E-state index in [0.717, 1.165) is 44.9 Å². The summed E-state index contributed by atoms with van der Waals surface area (Å²) >= 11 is 0. The Kier molecular flexibility index (Phi) is 17.6. The van der Waals surface area contributed by atoms with Crippen molar-refractivity contribution in [3.8, 4) is 0 Å². The van der Waals surface area contributed by atoms with E-state index in [-0.39, 0.29) is 18.0 Å². The van der Waals surface area contributed by atoms with Crippen molar-refractivity contribution in [1.82, 2.24) is 5.32 Å². The fourth-order valence-electron chi connectivity index (χ4n) is 4.98. The molecule has 1 aliphatic rings. The first-order valence-corrected chi connectivity index (χ1v) is 14.5. The van der Waals surface area contributed by atoms with Gasteiger partial charge in [-0.1, -0.05) is 105 Å². The first kappa shape index (κ1) is 31.4. The molecule has 1 N–H and O–H groups in total. The molecule has 0 aromatic heterocycles. The van der Waals surface area contributed by atoms with E-state index in [4.69, 9.17) is 9.47 Å². The first-order valence-electron chi connectivity index (χ1n) is 14.5. The van der Waals surface area contributed by atoms with Crippen LogP contribution in [0.5, 0.6) is 0 Å². The lowest BCUT2D eigenvalue weighted by atomic mass is 9.87. The molecule has 204 valence electrons. The molecule has 0 bridgehead atoms. The molecule has 0 saturated carbocycles. The summed E-state index contributed by atoms with van der Waals surface area (Å²) in [4.78, 5) is 36.8. The topological polar surface area (TPSA) is 81.7 Å². The van der Waals surface area contributed by atoms with Crippen molar-refractivity contribution in [2.45, 2.75) is 155 Å². The molecule has 0 spiro atoms. The fraction of sp³-hybridized carbons (Fsp3) is 0.897. The van der Waals surface area contributed by atoms with E-state index in [1.54, 1.807) is 0 Å². The largest absolute Gasteiger partial charge is 0.462 e. The van der Waals surface area contributed by atoms with Gasteiger partial charge in [-0.15, -0.1) is 0 Å². The van der Waals surface area contributed by atoms with E-state index in [0.29, 0.717) is 25.7 Å². The van der Waals surface area contributed by atoms with Gasteiger partial charge in [0, 0.05) is 6.42 Å². The van der Waals surface area contributed by atoms with Crippen molar-refractivity contribution in [2.75, 3.05) is 0 Å². The molecule has 0 unspecified atom stereocenters. The van der Waals surface area contributed by atoms with Gasteiger partial charge >= 0.3 is 11.9 Å². The van der Waals surface area contributed by atoms with Crippen molar-refractivity contribution in [3.63, 3.8) is 0 Å². The number of cyclic esters (lactones) is 1. The number of hydrogen-bond acceptors (Lipinski definition) is 5. The van der Waals surface area contributed by atoms with Crippen LogP contribution in [0, 0.1) is 11.8 Å². The van der Waals surface area contributed by atoms with Gasteiger partial charge in [0.1, 0.15) is 18.2 Å². The number of nitrogens with one attached hydrogen (secondary N) is 1. The zero-order valence-electron chi connectivity index (χ0n) is 23.0. The average molecular weight is 496 g/mol. The van der Waals surface area contributed by atoms with Crippen LogP contribution >= 0.6 is 0 Å². The van der Waals surface area contributed by atoms with Crippen LogP contribution in [-0.2, 0) is 23.9 Å². The highest BCUT2D eigenvalue weighted by molar-refractivity contribution is 5.79. The van der Waals surface area contributed by atoms with Gasteiger partial charge < -0.3 is 14.8 Å². The lowest BCUT2D eigenvalue weighted by molar-refractivity contribution is -0.181. The molecule has 1 rings (SSSR count). The van der Waals surface area contributed by atoms with Crippen molar-refractivity contribution in [2.24, 2.45) is 11.8 Å². The number of esters is 2. The second kappa shape index (κ2) is 19.6. The minimum atomic E-state index is -0.679. The Hall–Kier alpha value is -1.59. The minimum Gasteiger partial charge on any atom is -0.462 e. The summed E-state index contributed by atoms with van der Waals surface area (Å²) in [5.74, 6) is -0.840. The molecule has 0 aromatic rings. The smallest absolute Gasteiger partial charge is 0.328 e. The average Bonchev–Trinajstić information content (AvgIpc) is 2.81. The SMILES string of the molecule is CCCCCCCCCCC[C@H]1C[C@H](OC(=O)[C@H](CC(C)C)NC=O)[C@H](CCCCCC)C(=O)O1. The summed E-state index contributed by atoms with van der Waals surface area (Å²) in [6, 6.07) is -0.679. The number of rotatable bonds is 21. The van der Waals surface area contributed by atoms with Crippen LogP contribution < -0.4 is 5.32 Å². The Balaban J connectivity index is 2.61. The van der Waals surface area contributed by atoms with Crippen LogP contribution in [0.2, 0.25) is 0 Å². The summed E-state index contributed by atoms with van der Waals surface area (Å²) in [6.45, 7) is 8.40. The standard InChI is InChI=1S/C29H53NO5/c1-5-7-9-11-12-13-14-15-16-18-24-21-27(25(28(32)34-24)19-17-10-8-6-2)35-29(33)26(30-22-31)20-23(3)4/h22-27H,5-21H2,1-4H3,(H,30,31)/t24-,25-,26-,27-/m0/s1. The van der Waals surface area contributed by atoms with Gasteiger partial charge in [-0.3, -0.25) is 9.59 Å². The number of ether oxygens (including phenoxy) is 2. The zero-order valence-corrected chi connectivity index (χ0v) is 23.0. The molecular formula is C29H53NO5. The van der Waals surface area contributed by atoms with Gasteiger partial charge in [0.25, 0.3) is 0 Å². The summed E-state index contributed by atoms with van der Waals surface area (Å²) in [7, 11) is 0. The van der Waals surface area contributed by atoms with Crippen molar-refractivity contribution < 1.29 is 23.9 Å². The number of hydrogen-bond donors (Lipinski definition) is 1. The summed E-state index contributed by atoms with van der Waals surface area (Å²) in [5.41, 5.74) is 0. The highest BCUT2D eigenvalue weighted by Crippen LogP contribution is 2.31. The Labute approximate surface area is 214 Å². The lowest BCUT2D eigenvalue weighted by Gasteiger charge is -2.35. The molecule has 6 nitrogen and oxygen atoms in total. The van der Waals surface area contributed by atoms with Crippen LogP contribution in [0.25, 0.3) is 0 Å². The van der Waals surface area contributed by atoms with E-state index >= 15 is 0 Å². The Morgan fingerprint density at radius 1 is 0.943 bits per heavy atom. The fourth-order valence-corrected chi connectivity index (χ4v) is 4.98. The normalized spacial score (nSPS) is 20.9. The summed E-state index contributed by atoms with van der Waals surface area (Å²) in [6.07, 6.45) is 18.0. The van der Waals surface area contributed by atoms with Gasteiger partial charge in [-0.2, -0.15) is 0 Å². The second-order valence-corrected chi connectivity index (χ2v) is 10.8. The number of carbonyl (C=O) groups excluding carboxylic acids is 3. The molecule has 6 heteroatoms. The van der Waals surface area contributed by atoms with Crippen LogP contribution in [0.4, 0.5) is 0 Å². The maximum atomic E-state index is 12.9. The molecule has 1 fully saturated rings. The molecule has 4 atom stereocenters. The molecule has 1 amide bonds. The van der Waals surface area contributed by atoms with Gasteiger partial charge in [-0.25, -0.2) is 4.79 Å². The van der Waals surface area contributed by atoms with Crippen LogP contribution in [0.3, 0.4) is 0 Å². The van der Waals surface area contributed by atoms with Gasteiger partial charge in [0.05, 0.1) is 5.92 Å². The maximum Gasteiger partial charge on any atom is 0.328 e. The Morgan fingerprint density at radius 3 is 2.06 bits per heavy atom. The third kappa shape index (κ3) is 13.9. The van der Waals surface area contributed by atoms with E-state index in [1.807, 2.05) is 13.8 Å². The Bertz CT molecular complexity index is 579. The van der Waals surface area contributed by atoms with Crippen molar-refractivity contribution in [3.05, 3.63) is 0 Å². The molecular weight excluding hydrogens is 442 g/mol. The molecule has 1 saturated heterocycles. The van der Waals surface area contributed by atoms with Crippen molar-refractivity contribution >= 4 is 18.3 Å². The van der Waals surface area contributed by atoms with Crippen LogP contribution in [0.15, 0.2) is 0 Å². The molecule has 1 aliphatic heterocycles. The molecule has 0 aromatic carbocycles. The summed E-state index contributed by atoms with van der Waals surface area (Å²) < 4.78 is 11.7. The predicted molar refractivity (Wildman–Crippen MR) is 141 cm³/mol. The molecule has 0 aliphatic carbocycles. The van der Waals surface area contributed by atoms with Gasteiger partial charge in [0.15, 0.2) is 0 Å². The van der Waals surface area contributed by atoms with Crippen LogP contribution in [0.1, 0.15) is 137 Å². The first-order chi connectivity index (χ1) is 16.9. The monoisotopic (exact) mass is 495 g/mol. The van der Waals surface area contributed by atoms with E-state index in [9.17, 15) is 14.4 Å². The molecule has 0 radical (unpaired) electrons. The Morgan fingerprint density at radius 2 is 1.49 bits per heavy atom. The van der Waals surface area contributed by atoms with Crippen molar-refractivity contribution in [1.29, 1.82) is 0 Å².